The largest absolute Gasteiger partial charge is 0.481 e. The second-order valence-electron chi connectivity index (χ2n) is 3.82. The number of carboxylic acid groups (broad SMARTS) is 1. The van der Waals surface area contributed by atoms with Crippen LogP contribution in [0.15, 0.2) is 24.3 Å². The monoisotopic (exact) mass is 246 g/mol. The van der Waals surface area contributed by atoms with Crippen molar-refractivity contribution in [1.82, 2.24) is 5.32 Å². The molecule has 1 aromatic carbocycles. The molecule has 3 N–H and O–H groups in total. The van der Waals surface area contributed by atoms with Crippen LogP contribution in [0.2, 0.25) is 0 Å². The standard InChI is InChI=1S/C13H14N2O3/c1-3-10-5-4-6-11(8-10)15-13(18)14-9(2)7-12(16)17/h1,4-6,8-9H,7H2,2H3,(H,16,17)(H2,14,15,18). The van der Waals surface area contributed by atoms with Crippen molar-refractivity contribution in [3.05, 3.63) is 29.8 Å². The molecule has 1 aromatic rings. The van der Waals surface area contributed by atoms with Crippen molar-refractivity contribution in [3.63, 3.8) is 0 Å². The Morgan fingerprint density at radius 1 is 1.50 bits per heavy atom. The zero-order chi connectivity index (χ0) is 13.5. The van der Waals surface area contributed by atoms with Gasteiger partial charge in [-0.1, -0.05) is 12.0 Å². The highest BCUT2D eigenvalue weighted by atomic mass is 16.4. The third-order valence-corrected chi connectivity index (χ3v) is 2.15. The minimum Gasteiger partial charge on any atom is -0.481 e. The number of hydrogen-bond acceptors (Lipinski definition) is 2. The Hall–Kier alpha value is -2.48. The highest BCUT2D eigenvalue weighted by Gasteiger charge is 2.10. The Kier molecular flexibility index (Phi) is 4.76. The zero-order valence-corrected chi connectivity index (χ0v) is 9.93. The number of benzene rings is 1. The first-order valence-electron chi connectivity index (χ1n) is 5.37. The van der Waals surface area contributed by atoms with Crippen molar-refractivity contribution in [3.8, 4) is 12.3 Å². The molecule has 0 radical (unpaired) electrons. The number of carbonyl (C=O) groups excluding carboxylic acids is 1. The van der Waals surface area contributed by atoms with E-state index in [1.807, 2.05) is 0 Å². The lowest BCUT2D eigenvalue weighted by Gasteiger charge is -2.12. The lowest BCUT2D eigenvalue weighted by Crippen LogP contribution is -2.37. The summed E-state index contributed by atoms with van der Waals surface area (Å²) >= 11 is 0. The topological polar surface area (TPSA) is 78.4 Å². The van der Waals surface area contributed by atoms with Gasteiger partial charge < -0.3 is 15.7 Å². The minimum atomic E-state index is -0.961. The molecule has 0 aliphatic carbocycles. The van der Waals surface area contributed by atoms with E-state index < -0.39 is 18.0 Å². The third-order valence-electron chi connectivity index (χ3n) is 2.15. The molecule has 0 bridgehead atoms. The molecule has 0 saturated heterocycles. The van der Waals surface area contributed by atoms with Gasteiger partial charge in [0.2, 0.25) is 0 Å². The molecular weight excluding hydrogens is 232 g/mol. The number of aliphatic carboxylic acids is 1. The fourth-order valence-corrected chi connectivity index (χ4v) is 1.39. The molecule has 5 nitrogen and oxygen atoms in total. The maximum atomic E-state index is 11.5. The number of terminal acetylenes is 1. The fraction of sp³-hybridized carbons (Fsp3) is 0.231. The predicted molar refractivity (Wildman–Crippen MR) is 68.2 cm³/mol. The maximum absolute atomic E-state index is 11.5. The number of urea groups is 1. The molecule has 18 heavy (non-hydrogen) atoms. The van der Waals surface area contributed by atoms with E-state index >= 15 is 0 Å². The van der Waals surface area contributed by atoms with E-state index in [1.165, 1.54) is 0 Å². The number of carbonyl (C=O) groups is 2. The van der Waals surface area contributed by atoms with Gasteiger partial charge in [-0.25, -0.2) is 4.79 Å². The quantitative estimate of drug-likeness (QED) is 0.707. The van der Waals surface area contributed by atoms with Gasteiger partial charge >= 0.3 is 12.0 Å². The Labute approximate surface area is 105 Å². The molecular formula is C13H14N2O3. The van der Waals surface area contributed by atoms with Gasteiger partial charge in [-0.3, -0.25) is 4.79 Å². The molecule has 0 heterocycles. The summed E-state index contributed by atoms with van der Waals surface area (Å²) in [7, 11) is 0. The molecule has 0 saturated carbocycles. The van der Waals surface area contributed by atoms with E-state index in [1.54, 1.807) is 31.2 Å². The van der Waals surface area contributed by atoms with Crippen molar-refractivity contribution in [2.24, 2.45) is 0 Å². The van der Waals surface area contributed by atoms with Crippen LogP contribution in [-0.4, -0.2) is 23.1 Å². The summed E-state index contributed by atoms with van der Waals surface area (Å²) in [5.41, 5.74) is 1.22. The van der Waals surface area contributed by atoms with Crippen LogP contribution in [0.3, 0.4) is 0 Å². The molecule has 0 aromatic heterocycles. The summed E-state index contributed by atoms with van der Waals surface area (Å²) < 4.78 is 0. The summed E-state index contributed by atoms with van der Waals surface area (Å²) in [6, 6.07) is 5.92. The van der Waals surface area contributed by atoms with Crippen LogP contribution in [0, 0.1) is 12.3 Å². The lowest BCUT2D eigenvalue weighted by molar-refractivity contribution is -0.137. The average molecular weight is 246 g/mol. The Morgan fingerprint density at radius 3 is 2.83 bits per heavy atom. The first kappa shape index (κ1) is 13.6. The van der Waals surface area contributed by atoms with Gasteiger partial charge in [-0.05, 0) is 25.1 Å². The Morgan fingerprint density at radius 2 is 2.22 bits per heavy atom. The highest BCUT2D eigenvalue weighted by Crippen LogP contribution is 2.09. The average Bonchev–Trinajstić information content (AvgIpc) is 2.27. The number of rotatable bonds is 4. The molecule has 2 amide bonds. The van der Waals surface area contributed by atoms with Gasteiger partial charge in [0.25, 0.3) is 0 Å². The molecule has 0 aliphatic heterocycles. The summed E-state index contributed by atoms with van der Waals surface area (Å²) in [6.45, 7) is 1.62. The summed E-state index contributed by atoms with van der Waals surface area (Å²) in [5, 5.41) is 13.7. The van der Waals surface area contributed by atoms with Crippen LogP contribution in [0.25, 0.3) is 0 Å². The van der Waals surface area contributed by atoms with Crippen molar-refractivity contribution in [2.75, 3.05) is 5.32 Å². The van der Waals surface area contributed by atoms with Crippen LogP contribution in [0.4, 0.5) is 10.5 Å². The van der Waals surface area contributed by atoms with Crippen molar-refractivity contribution < 1.29 is 14.7 Å². The number of nitrogens with one attached hydrogen (secondary N) is 2. The molecule has 94 valence electrons. The minimum absolute atomic E-state index is 0.127. The van der Waals surface area contributed by atoms with Crippen LogP contribution in [-0.2, 0) is 4.79 Å². The van der Waals surface area contributed by atoms with Crippen molar-refractivity contribution in [1.29, 1.82) is 0 Å². The van der Waals surface area contributed by atoms with Crippen LogP contribution >= 0.6 is 0 Å². The highest BCUT2D eigenvalue weighted by molar-refractivity contribution is 5.89. The predicted octanol–water partition coefficient (Wildman–Crippen LogP) is 1.65. The van der Waals surface area contributed by atoms with Crippen molar-refractivity contribution >= 4 is 17.7 Å². The smallest absolute Gasteiger partial charge is 0.319 e. The van der Waals surface area contributed by atoms with Crippen LogP contribution in [0.1, 0.15) is 18.9 Å². The van der Waals surface area contributed by atoms with E-state index in [-0.39, 0.29) is 6.42 Å². The normalized spacial score (nSPS) is 11.1. The molecule has 5 heteroatoms. The number of carboxylic acids is 1. The van der Waals surface area contributed by atoms with E-state index in [2.05, 4.69) is 16.6 Å². The first-order valence-corrected chi connectivity index (χ1v) is 5.37. The zero-order valence-electron chi connectivity index (χ0n) is 9.93. The molecule has 0 fully saturated rings. The Balaban J connectivity index is 2.54. The van der Waals surface area contributed by atoms with E-state index in [4.69, 9.17) is 11.5 Å². The van der Waals surface area contributed by atoms with E-state index in [0.29, 0.717) is 11.3 Å². The maximum Gasteiger partial charge on any atom is 0.319 e. The second-order valence-corrected chi connectivity index (χ2v) is 3.82. The molecule has 1 atom stereocenters. The second kappa shape index (κ2) is 6.30. The van der Waals surface area contributed by atoms with Gasteiger partial charge in [-0.15, -0.1) is 6.42 Å². The van der Waals surface area contributed by atoms with Gasteiger partial charge in [-0.2, -0.15) is 0 Å². The number of amides is 2. The Bertz CT molecular complexity index is 491. The van der Waals surface area contributed by atoms with Gasteiger partial charge in [0.15, 0.2) is 0 Å². The summed E-state index contributed by atoms with van der Waals surface area (Å²) in [4.78, 5) is 22.0. The van der Waals surface area contributed by atoms with Gasteiger partial charge in [0.1, 0.15) is 0 Å². The molecule has 0 aliphatic rings. The summed E-state index contributed by atoms with van der Waals surface area (Å²) in [5.74, 6) is 1.50. The van der Waals surface area contributed by atoms with E-state index in [0.717, 1.165) is 0 Å². The first-order chi connectivity index (χ1) is 8.51. The summed E-state index contributed by atoms with van der Waals surface area (Å²) in [6.07, 6.45) is 5.11. The van der Waals surface area contributed by atoms with Gasteiger partial charge in [0, 0.05) is 17.3 Å². The third kappa shape index (κ3) is 4.58. The number of anilines is 1. The molecule has 1 rings (SSSR count). The lowest BCUT2D eigenvalue weighted by atomic mass is 10.2. The fourth-order valence-electron chi connectivity index (χ4n) is 1.39. The van der Waals surface area contributed by atoms with E-state index in [9.17, 15) is 9.59 Å². The van der Waals surface area contributed by atoms with Crippen LogP contribution in [0.5, 0.6) is 0 Å². The van der Waals surface area contributed by atoms with Gasteiger partial charge in [0.05, 0.1) is 6.42 Å². The molecule has 1 unspecified atom stereocenters. The number of hydrogen-bond donors (Lipinski definition) is 3. The van der Waals surface area contributed by atoms with Crippen molar-refractivity contribution in [2.45, 2.75) is 19.4 Å². The molecule has 0 spiro atoms. The van der Waals surface area contributed by atoms with Crippen LogP contribution < -0.4 is 10.6 Å². The SMILES string of the molecule is C#Cc1cccc(NC(=O)NC(C)CC(=O)O)c1.